The Balaban J connectivity index is 1.52. The molecule has 22 heavy (non-hydrogen) atoms. The first-order chi connectivity index (χ1) is 10.6. The summed E-state index contributed by atoms with van der Waals surface area (Å²) in [6, 6.07) is 0. The number of hydrogen-bond donors (Lipinski definition) is 1. The highest BCUT2D eigenvalue weighted by Crippen LogP contribution is 2.33. The summed E-state index contributed by atoms with van der Waals surface area (Å²) < 4.78 is 7.73. The summed E-state index contributed by atoms with van der Waals surface area (Å²) in [5.41, 5.74) is 1.18. The van der Waals surface area contributed by atoms with E-state index in [1.54, 1.807) is 11.3 Å². The summed E-state index contributed by atoms with van der Waals surface area (Å²) in [4.78, 5) is 7.70. The van der Waals surface area contributed by atoms with E-state index >= 15 is 0 Å². The Morgan fingerprint density at radius 3 is 3.00 bits per heavy atom. The lowest BCUT2D eigenvalue weighted by atomic mass is 9.97. The number of ether oxygens (including phenoxy) is 1. The first-order valence-corrected chi connectivity index (χ1v) is 8.38. The van der Waals surface area contributed by atoms with Gasteiger partial charge in [0.25, 0.3) is 0 Å². The van der Waals surface area contributed by atoms with Gasteiger partial charge in [-0.1, -0.05) is 0 Å². The number of nitrogens with zero attached hydrogens (tertiary/aromatic N) is 4. The lowest BCUT2D eigenvalue weighted by Gasteiger charge is -2.17. The molecule has 0 aromatic carbocycles. The Bertz CT molecular complexity index is 609. The van der Waals surface area contributed by atoms with Crippen LogP contribution in [0.3, 0.4) is 0 Å². The van der Waals surface area contributed by atoms with Crippen molar-refractivity contribution >= 4 is 16.5 Å². The predicted molar refractivity (Wildman–Crippen MR) is 88.2 cm³/mol. The number of rotatable bonds is 6. The van der Waals surface area contributed by atoms with Crippen molar-refractivity contribution < 1.29 is 4.74 Å². The van der Waals surface area contributed by atoms with Crippen LogP contribution in [0.2, 0.25) is 0 Å². The number of anilines is 1. The summed E-state index contributed by atoms with van der Waals surface area (Å²) in [6.07, 6.45) is 7.18. The highest BCUT2D eigenvalue weighted by atomic mass is 32.1. The van der Waals surface area contributed by atoms with Crippen LogP contribution in [0.1, 0.15) is 23.0 Å². The normalized spacial score (nSPS) is 21.4. The van der Waals surface area contributed by atoms with Crippen molar-refractivity contribution in [3.8, 4) is 0 Å². The molecule has 0 unspecified atom stereocenters. The highest BCUT2D eigenvalue weighted by molar-refractivity contribution is 7.15. The Morgan fingerprint density at radius 2 is 2.32 bits per heavy atom. The molecule has 1 aliphatic rings. The number of aryl methyl sites for hydroxylation is 1. The van der Waals surface area contributed by atoms with Gasteiger partial charge in [-0.2, -0.15) is 5.10 Å². The molecule has 0 saturated carbocycles. The first kappa shape index (κ1) is 15.5. The van der Waals surface area contributed by atoms with Gasteiger partial charge in [0.1, 0.15) is 0 Å². The van der Waals surface area contributed by atoms with Gasteiger partial charge in [-0.25, -0.2) is 4.98 Å². The third-order valence-corrected chi connectivity index (χ3v) is 5.06. The molecule has 0 bridgehead atoms. The van der Waals surface area contributed by atoms with Crippen LogP contribution in [0.15, 0.2) is 18.6 Å². The number of hydrogen-bond acceptors (Lipinski definition) is 6. The summed E-state index contributed by atoms with van der Waals surface area (Å²) in [6.45, 7) is 2.65. The van der Waals surface area contributed by atoms with Gasteiger partial charge in [0.05, 0.1) is 12.3 Å². The van der Waals surface area contributed by atoms with Gasteiger partial charge in [0.15, 0.2) is 5.13 Å². The molecule has 0 spiro atoms. The third kappa shape index (κ3) is 3.48. The smallest absolute Gasteiger partial charge is 0.185 e. The van der Waals surface area contributed by atoms with E-state index in [-0.39, 0.29) is 6.10 Å². The van der Waals surface area contributed by atoms with Crippen molar-refractivity contribution in [2.24, 2.45) is 13.0 Å². The second-order valence-electron chi connectivity index (χ2n) is 5.92. The molecule has 1 saturated heterocycles. The first-order valence-electron chi connectivity index (χ1n) is 7.56. The fourth-order valence-corrected chi connectivity index (χ4v) is 3.57. The van der Waals surface area contributed by atoms with Gasteiger partial charge < -0.3 is 15.0 Å². The molecule has 1 fully saturated rings. The summed E-state index contributed by atoms with van der Waals surface area (Å²) >= 11 is 1.73. The Kier molecular flexibility index (Phi) is 4.75. The van der Waals surface area contributed by atoms with Gasteiger partial charge in [0, 0.05) is 69.6 Å². The van der Waals surface area contributed by atoms with Crippen molar-refractivity contribution in [1.82, 2.24) is 20.1 Å². The Labute approximate surface area is 135 Å². The van der Waals surface area contributed by atoms with E-state index in [0.717, 1.165) is 31.2 Å². The van der Waals surface area contributed by atoms with Crippen LogP contribution in [-0.4, -0.2) is 42.0 Å². The van der Waals surface area contributed by atoms with E-state index < -0.39 is 0 Å². The molecule has 2 aromatic rings. The molecule has 0 aliphatic carbocycles. The summed E-state index contributed by atoms with van der Waals surface area (Å²) in [7, 11) is 5.98. The maximum Gasteiger partial charge on any atom is 0.185 e. The molecule has 0 radical (unpaired) electrons. The zero-order chi connectivity index (χ0) is 15.5. The lowest BCUT2D eigenvalue weighted by Crippen LogP contribution is -2.24. The fraction of sp³-hybridized carbons (Fsp3) is 0.600. The fourth-order valence-electron chi connectivity index (χ4n) is 2.76. The van der Waals surface area contributed by atoms with Crippen LogP contribution in [0.4, 0.5) is 5.13 Å². The van der Waals surface area contributed by atoms with E-state index in [1.807, 2.05) is 43.1 Å². The number of aromatic nitrogens is 3. The molecular weight excluding hydrogens is 298 g/mol. The van der Waals surface area contributed by atoms with Crippen LogP contribution < -0.4 is 10.2 Å². The molecule has 1 N–H and O–H groups in total. The topological polar surface area (TPSA) is 55.2 Å². The standard InChI is InChI=1S/C15H23N5OS/c1-19(2)15-17-9-13(22-15)8-16-6-11-4-5-21-14(11)12-7-18-20(3)10-12/h7,9-11,14,16H,4-6,8H2,1-3H3/t11-,14-/m1/s1. The second-order valence-corrected chi connectivity index (χ2v) is 7.02. The number of nitrogens with one attached hydrogen (secondary N) is 1. The Morgan fingerprint density at radius 1 is 1.45 bits per heavy atom. The van der Waals surface area contributed by atoms with Crippen LogP contribution in [-0.2, 0) is 18.3 Å². The van der Waals surface area contributed by atoms with E-state index in [4.69, 9.17) is 4.74 Å². The van der Waals surface area contributed by atoms with Crippen molar-refractivity contribution in [3.05, 3.63) is 29.0 Å². The SMILES string of the molecule is CN(C)c1ncc(CNC[C@H]2CCO[C@H]2c2cnn(C)c2)s1. The van der Waals surface area contributed by atoms with Gasteiger partial charge in [-0.15, -0.1) is 11.3 Å². The Hall–Kier alpha value is -1.44. The number of thiazole rings is 1. The minimum Gasteiger partial charge on any atom is -0.373 e. The van der Waals surface area contributed by atoms with Crippen LogP contribution in [0, 0.1) is 5.92 Å². The predicted octanol–water partition coefficient (Wildman–Crippen LogP) is 1.81. The van der Waals surface area contributed by atoms with Gasteiger partial charge in [-0.3, -0.25) is 4.68 Å². The van der Waals surface area contributed by atoms with E-state index in [2.05, 4.69) is 21.6 Å². The molecule has 0 amide bonds. The lowest BCUT2D eigenvalue weighted by molar-refractivity contribution is 0.0904. The zero-order valence-electron chi connectivity index (χ0n) is 13.3. The van der Waals surface area contributed by atoms with Crippen molar-refractivity contribution in [3.63, 3.8) is 0 Å². The molecule has 6 nitrogen and oxygen atoms in total. The molecule has 7 heteroatoms. The molecule has 2 atom stereocenters. The molecular formula is C15H23N5OS. The van der Waals surface area contributed by atoms with Gasteiger partial charge in [0.2, 0.25) is 0 Å². The molecule has 2 aromatic heterocycles. The van der Waals surface area contributed by atoms with Gasteiger partial charge in [-0.05, 0) is 6.42 Å². The van der Waals surface area contributed by atoms with E-state index in [1.165, 1.54) is 10.4 Å². The largest absolute Gasteiger partial charge is 0.373 e. The zero-order valence-corrected chi connectivity index (χ0v) is 14.1. The summed E-state index contributed by atoms with van der Waals surface area (Å²) in [5.74, 6) is 0.505. The monoisotopic (exact) mass is 321 g/mol. The second kappa shape index (κ2) is 6.76. The van der Waals surface area contributed by atoms with Crippen molar-refractivity contribution in [2.45, 2.75) is 19.1 Å². The van der Waals surface area contributed by atoms with E-state index in [0.29, 0.717) is 5.92 Å². The maximum absolute atomic E-state index is 5.89. The molecule has 3 rings (SSSR count). The van der Waals surface area contributed by atoms with Crippen molar-refractivity contribution in [1.29, 1.82) is 0 Å². The van der Waals surface area contributed by atoms with Crippen LogP contribution in [0.5, 0.6) is 0 Å². The van der Waals surface area contributed by atoms with E-state index in [9.17, 15) is 0 Å². The molecule has 120 valence electrons. The maximum atomic E-state index is 5.89. The quantitative estimate of drug-likeness (QED) is 0.879. The van der Waals surface area contributed by atoms with Crippen LogP contribution >= 0.6 is 11.3 Å². The van der Waals surface area contributed by atoms with Crippen LogP contribution in [0.25, 0.3) is 0 Å². The average Bonchev–Trinajstić information content (AvgIpc) is 3.18. The highest BCUT2D eigenvalue weighted by Gasteiger charge is 2.30. The molecule has 1 aliphatic heterocycles. The summed E-state index contributed by atoms with van der Waals surface area (Å²) in [5, 5.41) is 8.85. The third-order valence-electron chi connectivity index (χ3n) is 3.90. The minimum absolute atomic E-state index is 0.167. The van der Waals surface area contributed by atoms with Gasteiger partial charge >= 0.3 is 0 Å². The molecule has 3 heterocycles. The average molecular weight is 321 g/mol. The van der Waals surface area contributed by atoms with Crippen molar-refractivity contribution in [2.75, 3.05) is 32.1 Å². The minimum atomic E-state index is 0.167.